The first-order chi connectivity index (χ1) is 9.97. The molecule has 1 rings (SSSR count). The van der Waals surface area contributed by atoms with Crippen molar-refractivity contribution in [1.29, 1.82) is 0 Å². The topological polar surface area (TPSA) is 84.5 Å². The van der Waals surface area contributed by atoms with E-state index in [2.05, 4.69) is 10.6 Å². The molecular formula is C15H20N2O4. The third-order valence-electron chi connectivity index (χ3n) is 2.50. The number of hydrogen-bond acceptors (Lipinski definition) is 4. The van der Waals surface area contributed by atoms with Gasteiger partial charge >= 0.3 is 12.0 Å². The van der Waals surface area contributed by atoms with Gasteiger partial charge in [0.1, 0.15) is 0 Å². The zero-order chi connectivity index (χ0) is 15.7. The van der Waals surface area contributed by atoms with E-state index in [1.165, 1.54) is 0 Å². The van der Waals surface area contributed by atoms with Crippen molar-refractivity contribution in [3.63, 3.8) is 0 Å². The Hall–Kier alpha value is -2.37. The fraction of sp³-hybridized carbons (Fsp3) is 0.400. The number of ether oxygens (including phenoxy) is 1. The maximum atomic E-state index is 11.5. The Morgan fingerprint density at radius 1 is 1.14 bits per heavy atom. The fourth-order valence-corrected chi connectivity index (χ4v) is 1.57. The van der Waals surface area contributed by atoms with E-state index < -0.39 is 24.5 Å². The lowest BCUT2D eigenvalue weighted by Crippen LogP contribution is -2.44. The minimum Gasteiger partial charge on any atom is -0.456 e. The SMILES string of the molecule is CC(C)NC(=O)NC(=O)COC(=O)CCc1ccccc1. The molecule has 0 aliphatic carbocycles. The predicted molar refractivity (Wildman–Crippen MR) is 77.5 cm³/mol. The van der Waals surface area contributed by atoms with Crippen LogP contribution in [0.15, 0.2) is 30.3 Å². The van der Waals surface area contributed by atoms with Crippen molar-refractivity contribution in [2.45, 2.75) is 32.7 Å². The summed E-state index contributed by atoms with van der Waals surface area (Å²) >= 11 is 0. The molecule has 3 amide bonds. The normalized spacial score (nSPS) is 10.0. The molecule has 0 heterocycles. The molecule has 0 saturated carbocycles. The second-order valence-corrected chi connectivity index (χ2v) is 4.82. The molecule has 6 nitrogen and oxygen atoms in total. The van der Waals surface area contributed by atoms with Crippen LogP contribution in [-0.4, -0.2) is 30.6 Å². The highest BCUT2D eigenvalue weighted by atomic mass is 16.5. The van der Waals surface area contributed by atoms with Crippen LogP contribution < -0.4 is 10.6 Å². The van der Waals surface area contributed by atoms with Crippen molar-refractivity contribution < 1.29 is 19.1 Å². The maximum absolute atomic E-state index is 11.5. The molecule has 114 valence electrons. The van der Waals surface area contributed by atoms with Crippen molar-refractivity contribution in [3.05, 3.63) is 35.9 Å². The molecule has 0 aliphatic rings. The highest BCUT2D eigenvalue weighted by Crippen LogP contribution is 2.03. The van der Waals surface area contributed by atoms with Gasteiger partial charge in [0.25, 0.3) is 5.91 Å². The summed E-state index contributed by atoms with van der Waals surface area (Å²) in [7, 11) is 0. The van der Waals surface area contributed by atoms with Crippen LogP contribution in [0.2, 0.25) is 0 Å². The van der Waals surface area contributed by atoms with Gasteiger partial charge in [-0.2, -0.15) is 0 Å². The fourth-order valence-electron chi connectivity index (χ4n) is 1.57. The summed E-state index contributed by atoms with van der Waals surface area (Å²) in [6.07, 6.45) is 0.741. The maximum Gasteiger partial charge on any atom is 0.321 e. The van der Waals surface area contributed by atoms with Gasteiger partial charge in [0.2, 0.25) is 0 Å². The number of nitrogens with one attached hydrogen (secondary N) is 2. The number of amides is 3. The first-order valence-electron chi connectivity index (χ1n) is 6.77. The van der Waals surface area contributed by atoms with E-state index in [0.29, 0.717) is 6.42 Å². The summed E-state index contributed by atoms with van der Waals surface area (Å²) < 4.78 is 4.80. The quantitative estimate of drug-likeness (QED) is 0.776. The minimum absolute atomic E-state index is 0.0776. The van der Waals surface area contributed by atoms with Crippen LogP contribution in [0, 0.1) is 0 Å². The Labute approximate surface area is 123 Å². The van der Waals surface area contributed by atoms with Crippen LogP contribution in [0.5, 0.6) is 0 Å². The number of imide groups is 1. The number of hydrogen-bond donors (Lipinski definition) is 2. The van der Waals surface area contributed by atoms with Gasteiger partial charge in [0.15, 0.2) is 6.61 Å². The number of aryl methyl sites for hydroxylation is 1. The molecule has 1 aromatic carbocycles. The number of urea groups is 1. The van der Waals surface area contributed by atoms with Gasteiger partial charge in [-0.3, -0.25) is 14.9 Å². The van der Waals surface area contributed by atoms with E-state index >= 15 is 0 Å². The Balaban J connectivity index is 2.20. The lowest BCUT2D eigenvalue weighted by molar-refractivity contribution is -0.148. The number of rotatable bonds is 6. The van der Waals surface area contributed by atoms with Gasteiger partial charge in [-0.15, -0.1) is 0 Å². The number of carbonyl (C=O) groups excluding carboxylic acids is 3. The number of carbonyl (C=O) groups is 3. The van der Waals surface area contributed by atoms with E-state index in [-0.39, 0.29) is 12.5 Å². The Kier molecular flexibility index (Phi) is 6.94. The van der Waals surface area contributed by atoms with Crippen molar-refractivity contribution in [1.82, 2.24) is 10.6 Å². The third kappa shape index (κ3) is 7.71. The standard InChI is InChI=1S/C15H20N2O4/c1-11(2)16-15(20)17-13(18)10-21-14(19)9-8-12-6-4-3-5-7-12/h3-7,11H,8-10H2,1-2H3,(H2,16,17,18,20). The summed E-state index contributed by atoms with van der Waals surface area (Å²) in [6, 6.07) is 8.82. The largest absolute Gasteiger partial charge is 0.456 e. The molecule has 1 aromatic rings. The first kappa shape index (κ1) is 16.7. The number of esters is 1. The van der Waals surface area contributed by atoms with E-state index in [4.69, 9.17) is 4.74 Å². The van der Waals surface area contributed by atoms with Crippen molar-refractivity contribution >= 4 is 17.9 Å². The van der Waals surface area contributed by atoms with Crippen LogP contribution in [-0.2, 0) is 20.7 Å². The monoisotopic (exact) mass is 292 g/mol. The molecule has 0 radical (unpaired) electrons. The average Bonchev–Trinajstić information content (AvgIpc) is 2.43. The molecule has 21 heavy (non-hydrogen) atoms. The molecule has 0 aromatic heterocycles. The molecule has 0 atom stereocenters. The van der Waals surface area contributed by atoms with Crippen LogP contribution in [0.3, 0.4) is 0 Å². The van der Waals surface area contributed by atoms with Gasteiger partial charge in [0.05, 0.1) is 0 Å². The molecule has 0 bridgehead atoms. The van der Waals surface area contributed by atoms with Gasteiger partial charge < -0.3 is 10.1 Å². The van der Waals surface area contributed by atoms with Crippen LogP contribution in [0.25, 0.3) is 0 Å². The summed E-state index contributed by atoms with van der Waals surface area (Å²) in [6.45, 7) is 3.08. The molecule has 0 unspecified atom stereocenters. The van der Waals surface area contributed by atoms with Gasteiger partial charge in [-0.1, -0.05) is 30.3 Å². The Morgan fingerprint density at radius 3 is 2.43 bits per heavy atom. The Morgan fingerprint density at radius 2 is 1.81 bits per heavy atom. The highest BCUT2D eigenvalue weighted by molar-refractivity contribution is 5.95. The molecule has 2 N–H and O–H groups in total. The highest BCUT2D eigenvalue weighted by Gasteiger charge is 2.11. The second-order valence-electron chi connectivity index (χ2n) is 4.82. The van der Waals surface area contributed by atoms with Crippen molar-refractivity contribution in [3.8, 4) is 0 Å². The molecule has 0 saturated heterocycles. The average molecular weight is 292 g/mol. The smallest absolute Gasteiger partial charge is 0.321 e. The summed E-state index contributed by atoms with van der Waals surface area (Å²) in [5.74, 6) is -1.13. The lowest BCUT2D eigenvalue weighted by atomic mass is 10.1. The van der Waals surface area contributed by atoms with Crippen LogP contribution in [0.4, 0.5) is 4.79 Å². The second kappa shape index (κ2) is 8.73. The van der Waals surface area contributed by atoms with E-state index in [1.807, 2.05) is 30.3 Å². The Bertz CT molecular complexity index is 486. The van der Waals surface area contributed by atoms with Gasteiger partial charge in [-0.25, -0.2) is 4.79 Å². The van der Waals surface area contributed by atoms with E-state index in [9.17, 15) is 14.4 Å². The molecule has 0 fully saturated rings. The van der Waals surface area contributed by atoms with Crippen molar-refractivity contribution in [2.24, 2.45) is 0 Å². The zero-order valence-corrected chi connectivity index (χ0v) is 12.2. The van der Waals surface area contributed by atoms with Gasteiger partial charge in [-0.05, 0) is 25.8 Å². The summed E-state index contributed by atoms with van der Waals surface area (Å²) in [4.78, 5) is 34.1. The zero-order valence-electron chi connectivity index (χ0n) is 12.2. The third-order valence-corrected chi connectivity index (χ3v) is 2.50. The molecular weight excluding hydrogens is 272 g/mol. The molecule has 6 heteroatoms. The summed E-state index contributed by atoms with van der Waals surface area (Å²) in [5, 5.41) is 4.57. The van der Waals surface area contributed by atoms with E-state index in [0.717, 1.165) is 5.56 Å². The van der Waals surface area contributed by atoms with E-state index in [1.54, 1.807) is 13.8 Å². The summed E-state index contributed by atoms with van der Waals surface area (Å²) in [5.41, 5.74) is 1.02. The predicted octanol–water partition coefficient (Wildman–Crippen LogP) is 1.40. The molecule has 0 aliphatic heterocycles. The lowest BCUT2D eigenvalue weighted by Gasteiger charge is -2.09. The minimum atomic E-state index is -0.652. The number of benzene rings is 1. The van der Waals surface area contributed by atoms with Crippen LogP contribution >= 0.6 is 0 Å². The van der Waals surface area contributed by atoms with Gasteiger partial charge in [0, 0.05) is 12.5 Å². The van der Waals surface area contributed by atoms with Crippen LogP contribution in [0.1, 0.15) is 25.8 Å². The van der Waals surface area contributed by atoms with Crippen molar-refractivity contribution in [2.75, 3.05) is 6.61 Å². The first-order valence-corrected chi connectivity index (χ1v) is 6.77. The molecule has 0 spiro atoms.